The van der Waals surface area contributed by atoms with Crippen LogP contribution in [0.4, 0.5) is 17.3 Å². The number of aromatic nitrogens is 2. The Hall–Kier alpha value is -4.44. The highest BCUT2D eigenvalue weighted by Crippen LogP contribution is 2.29. The van der Waals surface area contributed by atoms with Crippen LogP contribution in [0.3, 0.4) is 0 Å². The molecule has 35 heavy (non-hydrogen) atoms. The third-order valence-corrected chi connectivity index (χ3v) is 6.24. The lowest BCUT2D eigenvalue weighted by Gasteiger charge is -2.13. The van der Waals surface area contributed by atoms with Crippen LogP contribution >= 0.6 is 0 Å². The van der Waals surface area contributed by atoms with Gasteiger partial charge in [-0.25, -0.2) is 18.1 Å². The molecular formula is C25H23N5O4S. The molecule has 0 unspecified atom stereocenters. The molecule has 3 aromatic carbocycles. The number of aryl methyl sites for hydroxylation is 1. The molecule has 10 heteroatoms. The van der Waals surface area contributed by atoms with Crippen molar-refractivity contribution >= 4 is 33.3 Å². The minimum Gasteiger partial charge on any atom is -0.439 e. The quantitative estimate of drug-likeness (QED) is 0.323. The molecule has 0 radical (unpaired) electrons. The van der Waals surface area contributed by atoms with Gasteiger partial charge in [0, 0.05) is 29.9 Å². The Morgan fingerprint density at radius 2 is 1.69 bits per heavy atom. The number of hydrogen-bond donors (Lipinski definition) is 3. The maximum Gasteiger partial charge on any atom is 0.264 e. The van der Waals surface area contributed by atoms with Gasteiger partial charge in [-0.2, -0.15) is 4.98 Å². The molecule has 4 N–H and O–H groups in total. The van der Waals surface area contributed by atoms with Crippen molar-refractivity contribution in [3.8, 4) is 22.9 Å². The minimum absolute atomic E-state index is 0.0153. The van der Waals surface area contributed by atoms with Crippen molar-refractivity contribution in [3.63, 3.8) is 0 Å². The molecule has 0 aliphatic heterocycles. The van der Waals surface area contributed by atoms with E-state index < -0.39 is 10.0 Å². The van der Waals surface area contributed by atoms with Crippen LogP contribution in [0.5, 0.6) is 11.6 Å². The normalized spacial score (nSPS) is 11.0. The third-order valence-electron chi connectivity index (χ3n) is 4.91. The summed E-state index contributed by atoms with van der Waals surface area (Å²) >= 11 is 0. The largest absolute Gasteiger partial charge is 0.439 e. The van der Waals surface area contributed by atoms with Crippen LogP contribution in [0, 0.1) is 6.92 Å². The zero-order valence-corrected chi connectivity index (χ0v) is 19.8. The average Bonchev–Trinajstić information content (AvgIpc) is 2.80. The minimum atomic E-state index is -4.00. The molecule has 0 aliphatic rings. The van der Waals surface area contributed by atoms with Gasteiger partial charge in [-0.1, -0.05) is 30.3 Å². The van der Waals surface area contributed by atoms with E-state index in [0.29, 0.717) is 22.8 Å². The molecule has 4 aromatic rings. The maximum atomic E-state index is 12.9. The third kappa shape index (κ3) is 5.92. The average molecular weight is 490 g/mol. The van der Waals surface area contributed by atoms with E-state index in [9.17, 15) is 13.2 Å². The number of carbonyl (C=O) groups excluding carboxylic acids is 1. The number of benzene rings is 3. The van der Waals surface area contributed by atoms with Gasteiger partial charge in [-0.15, -0.1) is 0 Å². The molecule has 178 valence electrons. The Bertz CT molecular complexity index is 1490. The van der Waals surface area contributed by atoms with Crippen LogP contribution in [0.25, 0.3) is 11.3 Å². The summed E-state index contributed by atoms with van der Waals surface area (Å²) in [4.78, 5) is 19.9. The second-order valence-corrected chi connectivity index (χ2v) is 9.40. The van der Waals surface area contributed by atoms with Crippen molar-refractivity contribution in [1.29, 1.82) is 0 Å². The lowest BCUT2D eigenvalue weighted by molar-refractivity contribution is -0.114. The van der Waals surface area contributed by atoms with E-state index in [1.165, 1.54) is 19.1 Å². The van der Waals surface area contributed by atoms with Crippen molar-refractivity contribution in [3.05, 3.63) is 84.4 Å². The van der Waals surface area contributed by atoms with Crippen molar-refractivity contribution < 1.29 is 17.9 Å². The summed E-state index contributed by atoms with van der Waals surface area (Å²) in [5, 5.41) is 2.68. The van der Waals surface area contributed by atoms with E-state index in [2.05, 4.69) is 20.0 Å². The van der Waals surface area contributed by atoms with Gasteiger partial charge in [0.1, 0.15) is 5.75 Å². The van der Waals surface area contributed by atoms with Crippen molar-refractivity contribution in [2.75, 3.05) is 15.8 Å². The van der Waals surface area contributed by atoms with Crippen LogP contribution in [-0.4, -0.2) is 24.3 Å². The molecule has 1 aromatic heterocycles. The number of carbonyl (C=O) groups is 1. The summed E-state index contributed by atoms with van der Waals surface area (Å²) in [5.74, 6) is 0.237. The highest BCUT2D eigenvalue weighted by molar-refractivity contribution is 7.92. The fourth-order valence-corrected chi connectivity index (χ4v) is 4.31. The smallest absolute Gasteiger partial charge is 0.264 e. The summed E-state index contributed by atoms with van der Waals surface area (Å²) < 4.78 is 34.2. The number of amides is 1. The van der Waals surface area contributed by atoms with Crippen molar-refractivity contribution in [2.24, 2.45) is 0 Å². The standard InChI is InChI=1S/C25H23N5O4S/c1-16-6-3-4-9-22(16)23-15-24(34-20-12-10-19(11-13-20)27-17(2)31)29-25(28-23)30-35(32,33)21-8-5-7-18(26)14-21/h3-15H,26H2,1-2H3,(H,27,31)(H,28,29,30). The van der Waals surface area contributed by atoms with E-state index in [-0.39, 0.29) is 22.6 Å². The van der Waals surface area contributed by atoms with Crippen molar-refractivity contribution in [1.82, 2.24) is 9.97 Å². The number of ether oxygens (including phenoxy) is 1. The number of anilines is 3. The summed E-state index contributed by atoms with van der Waals surface area (Å²) in [5.41, 5.74) is 8.90. The second kappa shape index (κ2) is 9.82. The van der Waals surface area contributed by atoms with Gasteiger partial charge in [0.2, 0.25) is 17.7 Å². The molecule has 0 aliphatic carbocycles. The molecule has 0 spiro atoms. The van der Waals surface area contributed by atoms with Crippen LogP contribution < -0.4 is 20.5 Å². The Morgan fingerprint density at radius 3 is 2.37 bits per heavy atom. The van der Waals surface area contributed by atoms with Gasteiger partial charge in [0.15, 0.2) is 0 Å². The van der Waals surface area contributed by atoms with Crippen molar-refractivity contribution in [2.45, 2.75) is 18.7 Å². The van der Waals surface area contributed by atoms with Gasteiger partial charge >= 0.3 is 0 Å². The Kier molecular flexibility index (Phi) is 6.65. The van der Waals surface area contributed by atoms with Crippen LogP contribution in [0.1, 0.15) is 12.5 Å². The molecule has 1 amide bonds. The van der Waals surface area contributed by atoms with Crippen LogP contribution in [-0.2, 0) is 14.8 Å². The van der Waals surface area contributed by atoms with E-state index in [1.54, 1.807) is 42.5 Å². The lowest BCUT2D eigenvalue weighted by Crippen LogP contribution is -2.15. The zero-order chi connectivity index (χ0) is 25.0. The molecule has 0 saturated heterocycles. The van der Waals surface area contributed by atoms with E-state index in [4.69, 9.17) is 10.5 Å². The zero-order valence-electron chi connectivity index (χ0n) is 19.0. The summed E-state index contributed by atoms with van der Waals surface area (Å²) in [6.07, 6.45) is 0. The van der Waals surface area contributed by atoms with Gasteiger partial charge in [0.25, 0.3) is 10.0 Å². The van der Waals surface area contributed by atoms with E-state index in [1.807, 2.05) is 31.2 Å². The second-order valence-electron chi connectivity index (χ2n) is 7.72. The predicted molar refractivity (Wildman–Crippen MR) is 135 cm³/mol. The predicted octanol–water partition coefficient (Wildman–Crippen LogP) is 4.59. The number of nitrogen functional groups attached to an aromatic ring is 1. The summed E-state index contributed by atoms with van der Waals surface area (Å²) in [6.45, 7) is 3.35. The van der Waals surface area contributed by atoms with Crippen LogP contribution in [0.2, 0.25) is 0 Å². The topological polar surface area (TPSA) is 136 Å². The number of nitrogens with two attached hydrogens (primary N) is 1. The van der Waals surface area contributed by atoms with E-state index >= 15 is 0 Å². The molecule has 1 heterocycles. The number of nitrogens with zero attached hydrogens (tertiary/aromatic N) is 2. The molecule has 0 atom stereocenters. The first-order valence-electron chi connectivity index (χ1n) is 10.6. The summed E-state index contributed by atoms with van der Waals surface area (Å²) in [7, 11) is -4.00. The molecule has 0 saturated carbocycles. The highest BCUT2D eigenvalue weighted by Gasteiger charge is 2.18. The summed E-state index contributed by atoms with van der Waals surface area (Å²) in [6, 6.07) is 21.8. The van der Waals surface area contributed by atoms with Gasteiger partial charge in [0.05, 0.1) is 10.6 Å². The fraction of sp³-hybridized carbons (Fsp3) is 0.0800. The first-order chi connectivity index (χ1) is 16.7. The first kappa shape index (κ1) is 23.7. The molecular weight excluding hydrogens is 466 g/mol. The Labute approximate surface area is 203 Å². The molecule has 0 fully saturated rings. The lowest BCUT2D eigenvalue weighted by atomic mass is 10.1. The number of hydrogen-bond acceptors (Lipinski definition) is 7. The monoisotopic (exact) mass is 489 g/mol. The number of nitrogens with one attached hydrogen (secondary N) is 2. The Morgan fingerprint density at radius 1 is 0.943 bits per heavy atom. The SMILES string of the molecule is CC(=O)Nc1ccc(Oc2cc(-c3ccccc3C)nc(NS(=O)(=O)c3cccc(N)c3)n2)cc1. The van der Waals surface area contributed by atoms with E-state index in [0.717, 1.165) is 11.1 Å². The maximum absolute atomic E-state index is 12.9. The van der Waals surface area contributed by atoms with Gasteiger partial charge < -0.3 is 15.8 Å². The van der Waals surface area contributed by atoms with Crippen LogP contribution in [0.15, 0.2) is 83.8 Å². The van der Waals surface area contributed by atoms with Gasteiger partial charge in [-0.05, 0) is 55.0 Å². The first-order valence-corrected chi connectivity index (χ1v) is 12.1. The molecule has 9 nitrogen and oxygen atoms in total. The van der Waals surface area contributed by atoms with Gasteiger partial charge in [-0.3, -0.25) is 4.79 Å². The number of rotatable bonds is 7. The Balaban J connectivity index is 1.71. The number of sulfonamides is 1. The molecule has 0 bridgehead atoms. The highest BCUT2D eigenvalue weighted by atomic mass is 32.2. The fourth-order valence-electron chi connectivity index (χ4n) is 3.31. The molecule has 4 rings (SSSR count).